The minimum Gasteiger partial charge on any atom is -0.492 e. The number of nitrogens with two attached hydrogens (primary N) is 1. The molecule has 1 aromatic carbocycles. The minimum atomic E-state index is 0.609. The van der Waals surface area contributed by atoms with E-state index in [2.05, 4.69) is 9.88 Å². The van der Waals surface area contributed by atoms with E-state index in [1.54, 1.807) is 6.20 Å². The number of rotatable bonds is 5. The van der Waals surface area contributed by atoms with Crippen molar-refractivity contribution in [2.24, 2.45) is 0 Å². The summed E-state index contributed by atoms with van der Waals surface area (Å²) in [7, 11) is 2.02. The van der Waals surface area contributed by atoms with Crippen LogP contribution in [-0.4, -0.2) is 18.6 Å². The quantitative estimate of drug-likeness (QED) is 0.837. The Kier molecular flexibility index (Phi) is 4.23. The van der Waals surface area contributed by atoms with Crippen LogP contribution in [-0.2, 0) is 6.54 Å². The molecule has 0 aliphatic rings. The molecule has 0 fully saturated rings. The number of pyridine rings is 1. The average Bonchev–Trinajstić information content (AvgIpc) is 2.42. The highest BCUT2D eigenvalue weighted by Crippen LogP contribution is 2.27. The van der Waals surface area contributed by atoms with E-state index in [1.165, 1.54) is 0 Å². The molecule has 2 rings (SSSR count). The molecular weight excluding hydrogens is 238 g/mol. The van der Waals surface area contributed by atoms with Crippen molar-refractivity contribution in [1.82, 2.24) is 4.98 Å². The van der Waals surface area contributed by atoms with E-state index >= 15 is 0 Å². The third-order valence-corrected chi connectivity index (χ3v) is 2.86. The molecule has 100 valence electrons. The molecule has 1 heterocycles. The van der Waals surface area contributed by atoms with E-state index in [9.17, 15) is 0 Å². The van der Waals surface area contributed by atoms with Gasteiger partial charge in [-0.15, -0.1) is 0 Å². The zero-order chi connectivity index (χ0) is 13.7. The van der Waals surface area contributed by atoms with Crippen LogP contribution in [0.1, 0.15) is 12.6 Å². The second-order valence-corrected chi connectivity index (χ2v) is 4.33. The molecule has 1 aromatic heterocycles. The highest BCUT2D eigenvalue weighted by molar-refractivity contribution is 5.62. The molecule has 0 saturated heterocycles. The van der Waals surface area contributed by atoms with Gasteiger partial charge in [0.15, 0.2) is 0 Å². The fourth-order valence-corrected chi connectivity index (χ4v) is 1.87. The van der Waals surface area contributed by atoms with E-state index < -0.39 is 0 Å². The van der Waals surface area contributed by atoms with Crippen LogP contribution in [0.15, 0.2) is 42.6 Å². The van der Waals surface area contributed by atoms with Crippen molar-refractivity contribution in [3.63, 3.8) is 0 Å². The highest BCUT2D eigenvalue weighted by Gasteiger charge is 2.06. The predicted molar refractivity (Wildman–Crippen MR) is 78.4 cm³/mol. The standard InChI is InChI=1S/C15H19N3O/c1-3-19-15-10-13(7-8-14(15)16)18(2)11-12-6-4-5-9-17-12/h4-10H,3,11,16H2,1-2H3. The van der Waals surface area contributed by atoms with Crippen LogP contribution >= 0.6 is 0 Å². The monoisotopic (exact) mass is 257 g/mol. The number of benzene rings is 1. The van der Waals surface area contributed by atoms with Crippen LogP contribution in [0.5, 0.6) is 5.75 Å². The molecule has 0 unspecified atom stereocenters. The van der Waals surface area contributed by atoms with Crippen molar-refractivity contribution >= 4 is 11.4 Å². The molecule has 0 atom stereocenters. The summed E-state index contributed by atoms with van der Waals surface area (Å²) >= 11 is 0. The van der Waals surface area contributed by atoms with Gasteiger partial charge in [0, 0.05) is 25.0 Å². The van der Waals surface area contributed by atoms with Gasteiger partial charge in [0.25, 0.3) is 0 Å². The number of hydrogen-bond donors (Lipinski definition) is 1. The van der Waals surface area contributed by atoms with Crippen LogP contribution in [0.2, 0.25) is 0 Å². The van der Waals surface area contributed by atoms with Crippen molar-refractivity contribution in [3.8, 4) is 5.75 Å². The van der Waals surface area contributed by atoms with Gasteiger partial charge in [-0.1, -0.05) is 6.07 Å². The lowest BCUT2D eigenvalue weighted by Crippen LogP contribution is -2.17. The number of nitrogens with zero attached hydrogens (tertiary/aromatic N) is 2. The summed E-state index contributed by atoms with van der Waals surface area (Å²) in [6.45, 7) is 3.30. The molecule has 19 heavy (non-hydrogen) atoms. The van der Waals surface area contributed by atoms with Gasteiger partial charge in [-0.25, -0.2) is 0 Å². The Morgan fingerprint density at radius 1 is 1.26 bits per heavy atom. The molecular formula is C15H19N3O. The number of ether oxygens (including phenoxy) is 1. The van der Waals surface area contributed by atoms with Crippen LogP contribution in [0.3, 0.4) is 0 Å². The van der Waals surface area contributed by atoms with E-state index in [1.807, 2.05) is 50.4 Å². The largest absolute Gasteiger partial charge is 0.492 e. The van der Waals surface area contributed by atoms with Gasteiger partial charge in [-0.3, -0.25) is 4.98 Å². The third-order valence-electron chi connectivity index (χ3n) is 2.86. The third kappa shape index (κ3) is 3.37. The Morgan fingerprint density at radius 2 is 2.11 bits per heavy atom. The summed E-state index contributed by atoms with van der Waals surface area (Å²) in [6.07, 6.45) is 1.80. The topological polar surface area (TPSA) is 51.4 Å². The Bertz CT molecular complexity index is 528. The number of hydrogen-bond acceptors (Lipinski definition) is 4. The number of aromatic nitrogens is 1. The van der Waals surface area contributed by atoms with E-state index in [0.29, 0.717) is 12.3 Å². The number of anilines is 2. The molecule has 0 aliphatic carbocycles. The Balaban J connectivity index is 2.15. The first kappa shape index (κ1) is 13.2. The van der Waals surface area contributed by atoms with Crippen molar-refractivity contribution in [2.75, 3.05) is 24.3 Å². The van der Waals surface area contributed by atoms with Crippen LogP contribution in [0.4, 0.5) is 11.4 Å². The average molecular weight is 257 g/mol. The normalized spacial score (nSPS) is 10.2. The van der Waals surface area contributed by atoms with Gasteiger partial charge >= 0.3 is 0 Å². The maximum absolute atomic E-state index is 5.87. The second kappa shape index (κ2) is 6.09. The summed E-state index contributed by atoms with van der Waals surface area (Å²) in [4.78, 5) is 6.44. The first-order valence-corrected chi connectivity index (χ1v) is 6.34. The molecule has 0 saturated carbocycles. The van der Waals surface area contributed by atoms with E-state index in [0.717, 1.165) is 23.7 Å². The molecule has 4 heteroatoms. The molecule has 0 bridgehead atoms. The van der Waals surface area contributed by atoms with Crippen LogP contribution < -0.4 is 15.4 Å². The maximum atomic E-state index is 5.87. The molecule has 0 aliphatic heterocycles. The van der Waals surface area contributed by atoms with Gasteiger partial charge in [-0.05, 0) is 31.2 Å². The lowest BCUT2D eigenvalue weighted by molar-refractivity contribution is 0.342. The van der Waals surface area contributed by atoms with Crippen LogP contribution in [0.25, 0.3) is 0 Å². The van der Waals surface area contributed by atoms with Crippen molar-refractivity contribution in [2.45, 2.75) is 13.5 Å². The zero-order valence-electron chi connectivity index (χ0n) is 11.3. The summed E-state index contributed by atoms with van der Waals surface area (Å²) in [5.74, 6) is 0.730. The summed E-state index contributed by atoms with van der Waals surface area (Å²) in [5.41, 5.74) is 8.62. The molecule has 2 aromatic rings. The van der Waals surface area contributed by atoms with Crippen LogP contribution in [0, 0.1) is 0 Å². The highest BCUT2D eigenvalue weighted by atomic mass is 16.5. The van der Waals surface area contributed by atoms with E-state index in [4.69, 9.17) is 10.5 Å². The molecule has 2 N–H and O–H groups in total. The molecule has 0 spiro atoms. The SMILES string of the molecule is CCOc1cc(N(C)Cc2ccccn2)ccc1N. The molecule has 4 nitrogen and oxygen atoms in total. The van der Waals surface area contributed by atoms with Gasteiger partial charge < -0.3 is 15.4 Å². The van der Waals surface area contributed by atoms with Gasteiger partial charge in [0.05, 0.1) is 24.5 Å². The van der Waals surface area contributed by atoms with Gasteiger partial charge in [-0.2, -0.15) is 0 Å². The minimum absolute atomic E-state index is 0.609. The Labute approximate surface area is 113 Å². The zero-order valence-corrected chi connectivity index (χ0v) is 11.3. The first-order chi connectivity index (χ1) is 9.20. The van der Waals surface area contributed by atoms with E-state index in [-0.39, 0.29) is 0 Å². The first-order valence-electron chi connectivity index (χ1n) is 6.34. The van der Waals surface area contributed by atoms with Gasteiger partial charge in [0.1, 0.15) is 5.75 Å². The van der Waals surface area contributed by atoms with Crippen molar-refractivity contribution in [3.05, 3.63) is 48.3 Å². The van der Waals surface area contributed by atoms with Crippen molar-refractivity contribution in [1.29, 1.82) is 0 Å². The smallest absolute Gasteiger partial charge is 0.144 e. The summed E-state index contributed by atoms with van der Waals surface area (Å²) in [6, 6.07) is 11.7. The second-order valence-electron chi connectivity index (χ2n) is 4.33. The summed E-state index contributed by atoms with van der Waals surface area (Å²) in [5, 5.41) is 0. The fraction of sp³-hybridized carbons (Fsp3) is 0.267. The van der Waals surface area contributed by atoms with Gasteiger partial charge in [0.2, 0.25) is 0 Å². The molecule has 0 radical (unpaired) electrons. The lowest BCUT2D eigenvalue weighted by Gasteiger charge is -2.20. The number of nitrogen functional groups attached to an aromatic ring is 1. The predicted octanol–water partition coefficient (Wildman–Crippen LogP) is 2.70. The Morgan fingerprint density at radius 3 is 2.79 bits per heavy atom. The Hall–Kier alpha value is -2.23. The molecule has 0 amide bonds. The summed E-state index contributed by atoms with van der Waals surface area (Å²) < 4.78 is 5.51. The maximum Gasteiger partial charge on any atom is 0.144 e. The van der Waals surface area contributed by atoms with Crippen molar-refractivity contribution < 1.29 is 4.74 Å². The fourth-order valence-electron chi connectivity index (χ4n) is 1.87. The lowest BCUT2D eigenvalue weighted by atomic mass is 10.2.